The fourth-order valence-electron chi connectivity index (χ4n) is 1.24. The quantitative estimate of drug-likeness (QED) is 0.608. The molecule has 0 bridgehead atoms. The van der Waals surface area contributed by atoms with E-state index in [0.29, 0.717) is 10.9 Å². The van der Waals surface area contributed by atoms with Crippen LogP contribution in [0.25, 0.3) is 0 Å². The molecule has 4 heteroatoms. The summed E-state index contributed by atoms with van der Waals surface area (Å²) in [4.78, 5) is 0.519. The van der Waals surface area contributed by atoms with Crippen molar-refractivity contribution in [1.29, 1.82) is 0 Å². The van der Waals surface area contributed by atoms with Gasteiger partial charge >= 0.3 is 0 Å². The predicted octanol–water partition coefficient (Wildman–Crippen LogP) is 3.45. The second-order valence-electron chi connectivity index (χ2n) is 3.89. The number of nitrogens with one attached hydrogen (secondary N) is 1. The van der Waals surface area contributed by atoms with E-state index in [1.807, 2.05) is 0 Å². The molecule has 0 aliphatic carbocycles. The maximum Gasteiger partial charge on any atom is 0.139 e. The van der Waals surface area contributed by atoms with E-state index in [9.17, 15) is 8.78 Å². The van der Waals surface area contributed by atoms with Gasteiger partial charge in [0.2, 0.25) is 0 Å². The van der Waals surface area contributed by atoms with Crippen molar-refractivity contribution >= 4 is 11.8 Å². The van der Waals surface area contributed by atoms with E-state index in [4.69, 9.17) is 0 Å². The van der Waals surface area contributed by atoms with Gasteiger partial charge in [-0.3, -0.25) is 0 Å². The van der Waals surface area contributed by atoms with Crippen LogP contribution in [-0.2, 0) is 0 Å². The third-order valence-electron chi connectivity index (χ3n) is 2.03. The Labute approximate surface area is 99.6 Å². The Kier molecular flexibility index (Phi) is 5.77. The molecule has 0 heterocycles. The molecule has 1 nitrogen and oxygen atoms in total. The first-order valence-corrected chi connectivity index (χ1v) is 6.39. The highest BCUT2D eigenvalue weighted by molar-refractivity contribution is 7.99. The Morgan fingerprint density at radius 2 is 2.06 bits per heavy atom. The predicted molar refractivity (Wildman–Crippen MR) is 64.8 cm³/mol. The number of halogens is 2. The van der Waals surface area contributed by atoms with Gasteiger partial charge in [0.05, 0.1) is 0 Å². The number of hydrogen-bond acceptors (Lipinski definition) is 2. The fraction of sp³-hybridized carbons (Fsp3) is 0.500. The van der Waals surface area contributed by atoms with Crippen molar-refractivity contribution in [3.8, 4) is 0 Å². The van der Waals surface area contributed by atoms with Gasteiger partial charge in [0.25, 0.3) is 0 Å². The van der Waals surface area contributed by atoms with Gasteiger partial charge in [-0.1, -0.05) is 13.8 Å². The lowest BCUT2D eigenvalue weighted by Gasteiger charge is -2.07. The lowest BCUT2D eigenvalue weighted by atomic mass is 10.3. The maximum absolute atomic E-state index is 13.2. The van der Waals surface area contributed by atoms with Crippen molar-refractivity contribution in [2.45, 2.75) is 31.2 Å². The fourth-order valence-corrected chi connectivity index (χ4v) is 2.11. The van der Waals surface area contributed by atoms with Crippen LogP contribution in [0, 0.1) is 11.6 Å². The molecule has 0 aromatic heterocycles. The number of benzene rings is 1. The highest BCUT2D eigenvalue weighted by atomic mass is 32.2. The summed E-state index contributed by atoms with van der Waals surface area (Å²) in [6.45, 7) is 5.10. The monoisotopic (exact) mass is 245 g/mol. The van der Waals surface area contributed by atoms with Crippen molar-refractivity contribution in [2.24, 2.45) is 0 Å². The van der Waals surface area contributed by atoms with E-state index in [1.165, 1.54) is 23.9 Å². The van der Waals surface area contributed by atoms with E-state index in [2.05, 4.69) is 19.2 Å². The highest BCUT2D eigenvalue weighted by Gasteiger charge is 2.03. The minimum atomic E-state index is -0.525. The molecule has 90 valence electrons. The first-order chi connectivity index (χ1) is 7.59. The van der Waals surface area contributed by atoms with Crippen LogP contribution in [0.15, 0.2) is 23.1 Å². The van der Waals surface area contributed by atoms with E-state index in [-0.39, 0.29) is 0 Å². The summed E-state index contributed by atoms with van der Waals surface area (Å²) in [6, 6.07) is 4.19. The topological polar surface area (TPSA) is 12.0 Å². The van der Waals surface area contributed by atoms with E-state index in [1.54, 1.807) is 0 Å². The van der Waals surface area contributed by atoms with Crippen LogP contribution in [0.5, 0.6) is 0 Å². The van der Waals surface area contributed by atoms with Crippen molar-refractivity contribution < 1.29 is 8.78 Å². The van der Waals surface area contributed by atoms with Gasteiger partial charge in [-0.15, -0.1) is 11.8 Å². The molecule has 1 aromatic carbocycles. The molecule has 0 unspecified atom stereocenters. The zero-order valence-corrected chi connectivity index (χ0v) is 10.4. The number of rotatable bonds is 6. The van der Waals surface area contributed by atoms with Crippen LogP contribution in [0.1, 0.15) is 20.3 Å². The molecule has 16 heavy (non-hydrogen) atoms. The van der Waals surface area contributed by atoms with Crippen LogP contribution in [0.3, 0.4) is 0 Å². The molecule has 0 aliphatic rings. The minimum absolute atomic E-state index is 0.471. The molecule has 0 radical (unpaired) electrons. The summed E-state index contributed by atoms with van der Waals surface area (Å²) in [5.74, 6) is -0.160. The lowest BCUT2D eigenvalue weighted by molar-refractivity contribution is 0.565. The Hall–Kier alpha value is -0.610. The zero-order valence-electron chi connectivity index (χ0n) is 9.59. The van der Waals surface area contributed by atoms with Crippen LogP contribution in [-0.4, -0.2) is 18.3 Å². The second-order valence-corrected chi connectivity index (χ2v) is 5.02. The summed E-state index contributed by atoms with van der Waals surface area (Å²) >= 11 is 1.43. The standard InChI is InChI=1S/C12H17F2NS/c1-9(2)15-6-3-7-16-12-5-4-10(13)8-11(12)14/h4-5,8-9,15H,3,6-7H2,1-2H3. The number of hydrogen-bond donors (Lipinski definition) is 1. The van der Waals surface area contributed by atoms with Crippen molar-refractivity contribution in [3.63, 3.8) is 0 Å². The minimum Gasteiger partial charge on any atom is -0.315 e. The highest BCUT2D eigenvalue weighted by Crippen LogP contribution is 2.22. The number of thioether (sulfide) groups is 1. The van der Waals surface area contributed by atoms with Gasteiger partial charge in [0, 0.05) is 17.0 Å². The third kappa shape index (κ3) is 4.94. The van der Waals surface area contributed by atoms with Crippen LogP contribution in [0.2, 0.25) is 0 Å². The summed E-state index contributed by atoms with van der Waals surface area (Å²) in [7, 11) is 0. The molecule has 0 fully saturated rings. The molecule has 0 saturated carbocycles. The molecule has 0 amide bonds. The average Bonchev–Trinajstić information content (AvgIpc) is 2.20. The maximum atomic E-state index is 13.2. The third-order valence-corrected chi connectivity index (χ3v) is 3.16. The molecular weight excluding hydrogens is 228 g/mol. The smallest absolute Gasteiger partial charge is 0.139 e. The molecule has 1 aromatic rings. The Balaban J connectivity index is 2.27. The van der Waals surface area contributed by atoms with Crippen LogP contribution in [0.4, 0.5) is 8.78 Å². The normalized spacial score (nSPS) is 11.1. The van der Waals surface area contributed by atoms with E-state index < -0.39 is 11.6 Å². The Morgan fingerprint density at radius 3 is 2.69 bits per heavy atom. The van der Waals surface area contributed by atoms with Gasteiger partial charge in [-0.25, -0.2) is 8.78 Å². The zero-order chi connectivity index (χ0) is 12.0. The Bertz CT molecular complexity index is 329. The van der Waals surface area contributed by atoms with Crippen molar-refractivity contribution in [3.05, 3.63) is 29.8 Å². The van der Waals surface area contributed by atoms with Gasteiger partial charge in [0.1, 0.15) is 11.6 Å². The molecule has 0 saturated heterocycles. The largest absolute Gasteiger partial charge is 0.315 e. The van der Waals surface area contributed by atoms with Crippen molar-refractivity contribution in [1.82, 2.24) is 5.32 Å². The summed E-state index contributed by atoms with van der Waals surface area (Å²) in [5.41, 5.74) is 0. The molecule has 0 atom stereocenters. The first-order valence-electron chi connectivity index (χ1n) is 5.41. The van der Waals surface area contributed by atoms with Crippen molar-refractivity contribution in [2.75, 3.05) is 12.3 Å². The SMILES string of the molecule is CC(C)NCCCSc1ccc(F)cc1F. The Morgan fingerprint density at radius 1 is 1.31 bits per heavy atom. The van der Waals surface area contributed by atoms with Gasteiger partial charge in [0.15, 0.2) is 0 Å². The van der Waals surface area contributed by atoms with Gasteiger partial charge in [-0.05, 0) is 30.9 Å². The summed E-state index contributed by atoms with van der Waals surface area (Å²) in [5, 5.41) is 3.29. The first kappa shape index (κ1) is 13.5. The second kappa shape index (κ2) is 6.86. The van der Waals surface area contributed by atoms with E-state index in [0.717, 1.165) is 24.8 Å². The average molecular weight is 245 g/mol. The van der Waals surface area contributed by atoms with Crippen LogP contribution >= 0.6 is 11.8 Å². The van der Waals surface area contributed by atoms with Gasteiger partial charge in [-0.2, -0.15) is 0 Å². The lowest BCUT2D eigenvalue weighted by Crippen LogP contribution is -2.23. The molecule has 1 N–H and O–H groups in total. The summed E-state index contributed by atoms with van der Waals surface area (Å²) in [6.07, 6.45) is 0.972. The van der Waals surface area contributed by atoms with E-state index >= 15 is 0 Å². The molecule has 0 spiro atoms. The van der Waals surface area contributed by atoms with Crippen LogP contribution < -0.4 is 5.32 Å². The van der Waals surface area contributed by atoms with Gasteiger partial charge < -0.3 is 5.32 Å². The summed E-state index contributed by atoms with van der Waals surface area (Å²) < 4.78 is 25.8. The molecular formula is C12H17F2NS. The molecule has 0 aliphatic heterocycles. The molecule has 1 rings (SSSR count).